The van der Waals surface area contributed by atoms with E-state index in [1.807, 2.05) is 0 Å². The Morgan fingerprint density at radius 1 is 0.960 bits per heavy atom. The lowest BCUT2D eigenvalue weighted by Crippen LogP contribution is -2.24. The van der Waals surface area contributed by atoms with Crippen molar-refractivity contribution >= 4 is 33.2 Å². The molecule has 0 spiro atoms. The van der Waals surface area contributed by atoms with E-state index in [0.29, 0.717) is 22.8 Å². The Morgan fingerprint density at radius 3 is 2.24 bits per heavy atom. The third kappa shape index (κ3) is 4.30. The van der Waals surface area contributed by atoms with Crippen molar-refractivity contribution in [3.8, 4) is 17.2 Å². The molecule has 0 aliphatic carbocycles. The summed E-state index contributed by atoms with van der Waals surface area (Å²) >= 11 is 11.8. The van der Waals surface area contributed by atoms with Crippen molar-refractivity contribution in [3.63, 3.8) is 0 Å². The predicted molar refractivity (Wildman–Crippen MR) is 96.6 cm³/mol. The molecular weight excluding hydrogens is 389 g/mol. The summed E-state index contributed by atoms with van der Waals surface area (Å²) in [5.41, 5.74) is 0.571. The zero-order chi connectivity index (χ0) is 18.6. The van der Waals surface area contributed by atoms with Crippen LogP contribution in [0.25, 0.3) is 0 Å². The molecule has 136 valence electrons. The van der Waals surface area contributed by atoms with Gasteiger partial charge < -0.3 is 14.2 Å². The molecule has 6 nitrogen and oxygen atoms in total. The molecule has 0 saturated heterocycles. The zero-order valence-corrected chi connectivity index (χ0v) is 16.1. The van der Waals surface area contributed by atoms with Gasteiger partial charge in [-0.15, -0.1) is 0 Å². The summed E-state index contributed by atoms with van der Waals surface area (Å²) in [5.74, 6) is 1.23. The number of nitrogens with one attached hydrogen (secondary N) is 1. The van der Waals surface area contributed by atoms with E-state index in [9.17, 15) is 8.42 Å². The first-order valence-electron chi connectivity index (χ1n) is 7.06. The fourth-order valence-corrected chi connectivity index (χ4v) is 4.00. The second-order valence-corrected chi connectivity index (χ2v) is 7.47. The first kappa shape index (κ1) is 19.7. The van der Waals surface area contributed by atoms with Gasteiger partial charge in [0.2, 0.25) is 15.8 Å². The highest BCUT2D eigenvalue weighted by Crippen LogP contribution is 2.39. The van der Waals surface area contributed by atoms with Gasteiger partial charge >= 0.3 is 0 Å². The number of halogens is 2. The normalized spacial score (nSPS) is 11.2. The van der Waals surface area contributed by atoms with Crippen LogP contribution in [0.15, 0.2) is 35.2 Å². The number of sulfonamides is 1. The van der Waals surface area contributed by atoms with Crippen molar-refractivity contribution in [1.82, 2.24) is 4.72 Å². The molecule has 0 bridgehead atoms. The maximum atomic E-state index is 12.5. The highest BCUT2D eigenvalue weighted by atomic mass is 35.5. The molecular formula is C16H17Cl2NO5S. The molecule has 0 heterocycles. The summed E-state index contributed by atoms with van der Waals surface area (Å²) in [6.07, 6.45) is 0. The second-order valence-electron chi connectivity index (χ2n) is 4.89. The first-order chi connectivity index (χ1) is 11.8. The maximum absolute atomic E-state index is 12.5. The number of methoxy groups -OCH3 is 3. The Balaban J connectivity index is 2.33. The first-order valence-corrected chi connectivity index (χ1v) is 9.30. The quantitative estimate of drug-likeness (QED) is 0.762. The van der Waals surface area contributed by atoms with Crippen LogP contribution >= 0.6 is 23.2 Å². The summed E-state index contributed by atoms with van der Waals surface area (Å²) in [7, 11) is 0.569. The minimum Gasteiger partial charge on any atom is -0.493 e. The van der Waals surface area contributed by atoms with Crippen molar-refractivity contribution in [2.45, 2.75) is 11.4 Å². The van der Waals surface area contributed by atoms with Gasteiger partial charge in [0.25, 0.3) is 0 Å². The van der Waals surface area contributed by atoms with E-state index in [1.54, 1.807) is 12.1 Å². The van der Waals surface area contributed by atoms with Gasteiger partial charge in [-0.05, 0) is 24.3 Å². The van der Waals surface area contributed by atoms with Crippen molar-refractivity contribution < 1.29 is 22.6 Å². The van der Waals surface area contributed by atoms with Crippen molar-refractivity contribution in [2.75, 3.05) is 21.3 Å². The molecule has 0 unspecified atom stereocenters. The summed E-state index contributed by atoms with van der Waals surface area (Å²) < 4.78 is 43.3. The van der Waals surface area contributed by atoms with Gasteiger partial charge in [0, 0.05) is 17.1 Å². The van der Waals surface area contributed by atoms with Gasteiger partial charge in [-0.1, -0.05) is 29.3 Å². The smallest absolute Gasteiger partial charge is 0.242 e. The molecule has 2 aromatic rings. The molecule has 0 aliphatic rings. The largest absolute Gasteiger partial charge is 0.493 e. The van der Waals surface area contributed by atoms with Crippen LogP contribution in [0.5, 0.6) is 17.2 Å². The molecule has 2 rings (SSSR count). The van der Waals surface area contributed by atoms with Gasteiger partial charge in [0.05, 0.1) is 26.4 Å². The van der Waals surface area contributed by atoms with E-state index in [1.165, 1.54) is 39.5 Å². The van der Waals surface area contributed by atoms with Gasteiger partial charge in [-0.3, -0.25) is 0 Å². The van der Waals surface area contributed by atoms with Crippen LogP contribution < -0.4 is 18.9 Å². The monoisotopic (exact) mass is 405 g/mol. The van der Waals surface area contributed by atoms with Crippen LogP contribution in [0.3, 0.4) is 0 Å². The van der Waals surface area contributed by atoms with Crippen LogP contribution in [0.4, 0.5) is 0 Å². The van der Waals surface area contributed by atoms with E-state index in [4.69, 9.17) is 37.4 Å². The Bertz CT molecular complexity index is 871. The van der Waals surface area contributed by atoms with E-state index in [0.717, 1.165) is 0 Å². The summed E-state index contributed by atoms with van der Waals surface area (Å²) in [6.45, 7) is -0.0330. The molecule has 0 amide bonds. The highest BCUT2D eigenvalue weighted by molar-refractivity contribution is 7.89. The molecule has 9 heteroatoms. The predicted octanol–water partition coefficient (Wildman–Crippen LogP) is 3.50. The molecule has 0 atom stereocenters. The third-order valence-corrected chi connectivity index (χ3v) is 5.54. The van der Waals surface area contributed by atoms with Crippen LogP contribution in [0.2, 0.25) is 10.0 Å². The topological polar surface area (TPSA) is 73.9 Å². The fraction of sp³-hybridized carbons (Fsp3) is 0.250. The standard InChI is InChI=1S/C16H17Cl2NO5S/c1-22-13-7-4-10(15(23-2)16(13)24-3)9-19-25(20,21)14-8-11(17)5-6-12(14)18/h4-8,19H,9H2,1-3H3. The molecule has 2 aromatic carbocycles. The number of ether oxygens (including phenoxy) is 3. The maximum Gasteiger partial charge on any atom is 0.242 e. The van der Waals surface area contributed by atoms with E-state index in [-0.39, 0.29) is 21.5 Å². The Hall–Kier alpha value is -1.67. The van der Waals surface area contributed by atoms with Crippen LogP contribution in [0, 0.1) is 0 Å². The van der Waals surface area contributed by atoms with Crippen LogP contribution in [-0.2, 0) is 16.6 Å². The van der Waals surface area contributed by atoms with Crippen LogP contribution in [0.1, 0.15) is 5.56 Å². The van der Waals surface area contributed by atoms with Gasteiger partial charge in [-0.25, -0.2) is 13.1 Å². The van der Waals surface area contributed by atoms with E-state index in [2.05, 4.69) is 4.72 Å². The SMILES string of the molecule is COc1ccc(CNS(=O)(=O)c2cc(Cl)ccc2Cl)c(OC)c1OC. The van der Waals surface area contributed by atoms with E-state index >= 15 is 0 Å². The fourth-order valence-electron chi connectivity index (χ4n) is 2.24. The Labute approximate surface area is 156 Å². The zero-order valence-electron chi connectivity index (χ0n) is 13.8. The summed E-state index contributed by atoms with van der Waals surface area (Å²) in [5, 5.41) is 0.352. The van der Waals surface area contributed by atoms with Crippen molar-refractivity contribution in [3.05, 3.63) is 45.9 Å². The molecule has 0 saturated carbocycles. The second kappa shape index (κ2) is 8.14. The molecule has 0 aromatic heterocycles. The molecule has 0 fully saturated rings. The average molecular weight is 406 g/mol. The summed E-state index contributed by atoms with van der Waals surface area (Å²) in [6, 6.07) is 7.58. The van der Waals surface area contributed by atoms with Gasteiger partial charge in [0.15, 0.2) is 11.5 Å². The van der Waals surface area contributed by atoms with Crippen molar-refractivity contribution in [2.24, 2.45) is 0 Å². The minimum absolute atomic E-state index is 0.0330. The lowest BCUT2D eigenvalue weighted by molar-refractivity contribution is 0.322. The molecule has 0 radical (unpaired) electrons. The van der Waals surface area contributed by atoms with Crippen LogP contribution in [-0.4, -0.2) is 29.7 Å². The van der Waals surface area contributed by atoms with Crippen molar-refractivity contribution in [1.29, 1.82) is 0 Å². The van der Waals surface area contributed by atoms with E-state index < -0.39 is 10.0 Å². The van der Waals surface area contributed by atoms with Gasteiger partial charge in [0.1, 0.15) is 4.90 Å². The minimum atomic E-state index is -3.87. The molecule has 0 aliphatic heterocycles. The summed E-state index contributed by atoms with van der Waals surface area (Å²) in [4.78, 5) is -0.0962. The number of rotatable bonds is 7. The molecule has 25 heavy (non-hydrogen) atoms. The average Bonchev–Trinajstić information content (AvgIpc) is 2.60. The third-order valence-electron chi connectivity index (χ3n) is 3.42. The lowest BCUT2D eigenvalue weighted by atomic mass is 10.1. The number of hydrogen-bond donors (Lipinski definition) is 1. The Kier molecular flexibility index (Phi) is 6.40. The number of hydrogen-bond acceptors (Lipinski definition) is 5. The lowest BCUT2D eigenvalue weighted by Gasteiger charge is -2.16. The number of benzene rings is 2. The molecule has 1 N–H and O–H groups in total. The Morgan fingerprint density at radius 2 is 1.64 bits per heavy atom. The highest BCUT2D eigenvalue weighted by Gasteiger charge is 2.21. The van der Waals surface area contributed by atoms with Gasteiger partial charge in [-0.2, -0.15) is 0 Å².